The summed E-state index contributed by atoms with van der Waals surface area (Å²) in [5.74, 6) is 0. The van der Waals surface area contributed by atoms with Gasteiger partial charge in [0.1, 0.15) is 0 Å². The van der Waals surface area contributed by atoms with Crippen LogP contribution in [0.3, 0.4) is 0 Å². The van der Waals surface area contributed by atoms with E-state index in [2.05, 4.69) is 36.0 Å². The molecule has 0 saturated heterocycles. The average molecular weight is 135 g/mol. The zero-order valence-corrected chi connectivity index (χ0v) is 6.33. The minimum absolute atomic E-state index is 1.00. The zero-order chi connectivity index (χ0) is 7.23. The molecule has 0 saturated carbocycles. The maximum Gasteiger partial charge on any atom is 0.0400 e. The highest BCUT2D eigenvalue weighted by atomic mass is 14.9. The Morgan fingerprint density at radius 3 is 2.50 bits per heavy atom. The second-order valence-corrected chi connectivity index (χ2v) is 2.26. The van der Waals surface area contributed by atoms with Crippen LogP contribution in [-0.2, 0) is 6.54 Å². The first kappa shape index (κ1) is 7.13. The molecule has 0 bridgehead atoms. The highest BCUT2D eigenvalue weighted by Gasteiger charge is 1.80. The minimum Gasteiger partial charge on any atom is -0.351 e. The summed E-state index contributed by atoms with van der Waals surface area (Å²) >= 11 is 0. The molecule has 0 atom stereocenters. The van der Waals surface area contributed by atoms with Crippen LogP contribution in [-0.4, -0.2) is 4.57 Å². The molecule has 0 aliphatic heterocycles. The highest BCUT2D eigenvalue weighted by molar-refractivity contribution is 4.93. The molecule has 0 radical (unpaired) electrons. The van der Waals surface area contributed by atoms with Gasteiger partial charge in [-0.05, 0) is 18.6 Å². The predicted molar refractivity (Wildman–Crippen MR) is 43.9 cm³/mol. The smallest absolute Gasteiger partial charge is 0.0400 e. The van der Waals surface area contributed by atoms with Crippen molar-refractivity contribution in [3.05, 3.63) is 36.7 Å². The second-order valence-electron chi connectivity index (χ2n) is 2.26. The van der Waals surface area contributed by atoms with Crippen LogP contribution in [0, 0.1) is 0 Å². The van der Waals surface area contributed by atoms with E-state index < -0.39 is 0 Å². The maximum atomic E-state index is 2.18. The van der Waals surface area contributed by atoms with Crippen molar-refractivity contribution >= 4 is 0 Å². The first-order valence-corrected chi connectivity index (χ1v) is 3.69. The van der Waals surface area contributed by atoms with E-state index in [0.717, 1.165) is 13.0 Å². The topological polar surface area (TPSA) is 4.93 Å². The zero-order valence-electron chi connectivity index (χ0n) is 6.33. The van der Waals surface area contributed by atoms with Gasteiger partial charge < -0.3 is 4.57 Å². The fourth-order valence-electron chi connectivity index (χ4n) is 0.855. The number of allylic oxidation sites excluding steroid dienone is 2. The molecule has 0 fully saturated rings. The summed E-state index contributed by atoms with van der Waals surface area (Å²) in [6.07, 6.45) is 9.63. The third-order valence-corrected chi connectivity index (χ3v) is 1.38. The van der Waals surface area contributed by atoms with E-state index >= 15 is 0 Å². The number of aromatic nitrogens is 1. The molecular weight excluding hydrogens is 122 g/mol. The second kappa shape index (κ2) is 3.94. The molecule has 54 valence electrons. The Bertz CT molecular complexity index is 185. The Morgan fingerprint density at radius 1 is 1.20 bits per heavy atom. The van der Waals surface area contributed by atoms with Gasteiger partial charge in [0, 0.05) is 18.9 Å². The SMILES string of the molecule is CCC=CCn1cccc1. The van der Waals surface area contributed by atoms with Gasteiger partial charge in [-0.3, -0.25) is 0 Å². The molecule has 1 nitrogen and oxygen atoms in total. The van der Waals surface area contributed by atoms with Crippen LogP contribution in [0.4, 0.5) is 0 Å². The lowest BCUT2D eigenvalue weighted by Gasteiger charge is -1.93. The van der Waals surface area contributed by atoms with E-state index in [1.54, 1.807) is 0 Å². The van der Waals surface area contributed by atoms with Gasteiger partial charge in [0.25, 0.3) is 0 Å². The van der Waals surface area contributed by atoms with Gasteiger partial charge in [0.05, 0.1) is 0 Å². The first-order chi connectivity index (χ1) is 4.93. The summed E-state index contributed by atoms with van der Waals surface area (Å²) in [4.78, 5) is 0. The van der Waals surface area contributed by atoms with E-state index in [9.17, 15) is 0 Å². The van der Waals surface area contributed by atoms with E-state index in [1.807, 2.05) is 12.1 Å². The first-order valence-electron chi connectivity index (χ1n) is 3.69. The fourth-order valence-corrected chi connectivity index (χ4v) is 0.855. The number of hydrogen-bond donors (Lipinski definition) is 0. The van der Waals surface area contributed by atoms with Gasteiger partial charge in [-0.25, -0.2) is 0 Å². The van der Waals surface area contributed by atoms with Crippen molar-refractivity contribution in [2.75, 3.05) is 0 Å². The van der Waals surface area contributed by atoms with Crippen molar-refractivity contribution in [1.82, 2.24) is 4.57 Å². The van der Waals surface area contributed by atoms with E-state index in [1.165, 1.54) is 0 Å². The van der Waals surface area contributed by atoms with Gasteiger partial charge >= 0.3 is 0 Å². The molecule has 1 aromatic rings. The van der Waals surface area contributed by atoms with Gasteiger partial charge in [-0.2, -0.15) is 0 Å². The monoisotopic (exact) mass is 135 g/mol. The van der Waals surface area contributed by atoms with Crippen LogP contribution in [0.15, 0.2) is 36.7 Å². The lowest BCUT2D eigenvalue weighted by Crippen LogP contribution is -1.88. The molecule has 1 rings (SSSR count). The van der Waals surface area contributed by atoms with Crippen molar-refractivity contribution in [1.29, 1.82) is 0 Å². The van der Waals surface area contributed by atoms with Gasteiger partial charge in [0.2, 0.25) is 0 Å². The van der Waals surface area contributed by atoms with Crippen LogP contribution in [0.5, 0.6) is 0 Å². The quantitative estimate of drug-likeness (QED) is 0.561. The summed E-state index contributed by atoms with van der Waals surface area (Å²) in [6, 6.07) is 4.08. The van der Waals surface area contributed by atoms with Crippen LogP contribution in [0.25, 0.3) is 0 Å². The molecule has 1 heterocycles. The molecule has 0 aliphatic carbocycles. The Morgan fingerprint density at radius 2 is 1.90 bits per heavy atom. The molecule has 1 aromatic heterocycles. The summed E-state index contributed by atoms with van der Waals surface area (Å²) in [7, 11) is 0. The Labute approximate surface area is 62.0 Å². The van der Waals surface area contributed by atoms with Gasteiger partial charge in [0.15, 0.2) is 0 Å². The van der Waals surface area contributed by atoms with E-state index in [-0.39, 0.29) is 0 Å². The van der Waals surface area contributed by atoms with Crippen molar-refractivity contribution in [3.63, 3.8) is 0 Å². The number of hydrogen-bond acceptors (Lipinski definition) is 0. The number of nitrogens with zero attached hydrogens (tertiary/aromatic N) is 1. The summed E-state index contributed by atoms with van der Waals surface area (Å²) in [6.45, 7) is 3.15. The Balaban J connectivity index is 2.34. The van der Waals surface area contributed by atoms with Crippen molar-refractivity contribution in [3.8, 4) is 0 Å². The minimum atomic E-state index is 1.00. The molecule has 0 aliphatic rings. The lowest BCUT2D eigenvalue weighted by molar-refractivity contribution is 0.827. The molecular formula is C9H13N. The van der Waals surface area contributed by atoms with Crippen molar-refractivity contribution in [2.45, 2.75) is 19.9 Å². The normalized spacial score (nSPS) is 10.9. The Hall–Kier alpha value is -0.980. The molecule has 0 amide bonds. The van der Waals surface area contributed by atoms with Crippen LogP contribution in [0.1, 0.15) is 13.3 Å². The van der Waals surface area contributed by atoms with Gasteiger partial charge in [-0.1, -0.05) is 19.1 Å². The molecule has 1 heteroatoms. The van der Waals surface area contributed by atoms with E-state index in [4.69, 9.17) is 0 Å². The summed E-state index contributed by atoms with van der Waals surface area (Å²) in [5, 5.41) is 0. The fraction of sp³-hybridized carbons (Fsp3) is 0.333. The highest BCUT2D eigenvalue weighted by Crippen LogP contribution is 1.90. The summed E-state index contributed by atoms with van der Waals surface area (Å²) in [5.41, 5.74) is 0. The predicted octanol–water partition coefficient (Wildman–Crippen LogP) is 2.45. The van der Waals surface area contributed by atoms with E-state index in [0.29, 0.717) is 0 Å². The molecule has 0 unspecified atom stereocenters. The molecule has 0 spiro atoms. The number of rotatable bonds is 3. The van der Waals surface area contributed by atoms with Gasteiger partial charge in [-0.15, -0.1) is 0 Å². The maximum absolute atomic E-state index is 2.18. The largest absolute Gasteiger partial charge is 0.351 e. The summed E-state index contributed by atoms with van der Waals surface area (Å²) < 4.78 is 2.14. The average Bonchev–Trinajstić information content (AvgIpc) is 2.41. The third-order valence-electron chi connectivity index (χ3n) is 1.38. The standard InChI is InChI=1S/C9H13N/c1-2-3-4-7-10-8-5-6-9-10/h3-6,8-9H,2,7H2,1H3. The van der Waals surface area contributed by atoms with Crippen molar-refractivity contribution in [2.24, 2.45) is 0 Å². The molecule has 10 heavy (non-hydrogen) atoms. The third kappa shape index (κ3) is 2.09. The Kier molecular flexibility index (Phi) is 2.81. The molecule has 0 N–H and O–H groups in total. The van der Waals surface area contributed by atoms with Crippen LogP contribution in [0.2, 0.25) is 0 Å². The van der Waals surface area contributed by atoms with Crippen molar-refractivity contribution < 1.29 is 0 Å². The van der Waals surface area contributed by atoms with Crippen LogP contribution < -0.4 is 0 Å². The lowest BCUT2D eigenvalue weighted by atomic mass is 10.4. The van der Waals surface area contributed by atoms with Crippen LogP contribution >= 0.6 is 0 Å². The molecule has 0 aromatic carbocycles.